The van der Waals surface area contributed by atoms with Crippen molar-refractivity contribution >= 4 is 37.9 Å². The SMILES string of the molecule is C[C@H]([AsH]C(=O)CCl)C(=O)O. The fraction of sp³-hybridized carbons (Fsp3) is 0.600. The van der Waals surface area contributed by atoms with E-state index in [2.05, 4.69) is 0 Å². The maximum atomic E-state index is 10.6. The molecule has 5 heteroatoms. The van der Waals surface area contributed by atoms with Crippen LogP contribution in [0, 0.1) is 0 Å². The quantitative estimate of drug-likeness (QED) is 0.546. The Kier molecular flexibility index (Phi) is 4.74. The molecule has 2 atom stereocenters. The van der Waals surface area contributed by atoms with E-state index in [1.165, 1.54) is 6.92 Å². The predicted octanol–water partition coefficient (Wildman–Crippen LogP) is 0.0813. The van der Waals surface area contributed by atoms with Crippen molar-refractivity contribution in [3.8, 4) is 0 Å². The molecule has 1 unspecified atom stereocenters. The molecule has 10 heavy (non-hydrogen) atoms. The fourth-order valence-corrected chi connectivity index (χ4v) is 2.18. The Morgan fingerprint density at radius 3 is 2.50 bits per heavy atom. The van der Waals surface area contributed by atoms with Crippen LogP contribution in [0.2, 0.25) is 4.71 Å². The van der Waals surface area contributed by atoms with Crippen LogP contribution in [0.15, 0.2) is 0 Å². The molecule has 0 aromatic carbocycles. The first-order valence-corrected chi connectivity index (χ1v) is 5.45. The number of carbonyl (C=O) groups excluding carboxylic acids is 1. The molecule has 0 aromatic rings. The van der Waals surface area contributed by atoms with E-state index in [1.54, 1.807) is 0 Å². The van der Waals surface area contributed by atoms with Crippen molar-refractivity contribution in [1.29, 1.82) is 0 Å². The summed E-state index contributed by atoms with van der Waals surface area (Å²) in [6.07, 6.45) is 0. The average Bonchev–Trinajstić information content (AvgIpc) is 1.87. The summed E-state index contributed by atoms with van der Waals surface area (Å²) in [5.41, 5.74) is 0. The van der Waals surface area contributed by atoms with Crippen LogP contribution in [-0.4, -0.2) is 37.3 Å². The van der Waals surface area contributed by atoms with Gasteiger partial charge in [-0.3, -0.25) is 0 Å². The van der Waals surface area contributed by atoms with Crippen molar-refractivity contribution in [2.75, 3.05) is 5.88 Å². The summed E-state index contributed by atoms with van der Waals surface area (Å²) in [6.45, 7) is 1.53. The number of rotatable bonds is 4. The first-order valence-electron chi connectivity index (χ1n) is 2.66. The van der Waals surface area contributed by atoms with Crippen molar-refractivity contribution in [3.63, 3.8) is 0 Å². The Balaban J connectivity index is 3.68. The molecule has 0 heterocycles. The molecule has 0 radical (unpaired) electrons. The number of carboxylic acid groups (broad SMARTS) is 1. The molecule has 0 fully saturated rings. The van der Waals surface area contributed by atoms with Crippen LogP contribution in [0.3, 0.4) is 0 Å². The van der Waals surface area contributed by atoms with Crippen LogP contribution in [0.4, 0.5) is 0 Å². The Morgan fingerprint density at radius 1 is 1.70 bits per heavy atom. The normalized spacial score (nSPS) is 13.8. The van der Waals surface area contributed by atoms with Crippen molar-refractivity contribution in [1.82, 2.24) is 0 Å². The van der Waals surface area contributed by atoms with Gasteiger partial charge in [-0.1, -0.05) is 0 Å². The average molecular weight is 226 g/mol. The Morgan fingerprint density at radius 2 is 2.20 bits per heavy atom. The number of carbonyl (C=O) groups is 2. The van der Waals surface area contributed by atoms with Crippen LogP contribution in [0.1, 0.15) is 6.92 Å². The Labute approximate surface area is 70.4 Å². The fourth-order valence-electron chi connectivity index (χ4n) is 0.342. The summed E-state index contributed by atoms with van der Waals surface area (Å²) in [5.74, 6) is -0.948. The van der Waals surface area contributed by atoms with Crippen LogP contribution in [0.5, 0.6) is 0 Å². The van der Waals surface area contributed by atoms with Gasteiger partial charge in [-0.2, -0.15) is 0 Å². The van der Waals surface area contributed by atoms with E-state index in [0.29, 0.717) is 0 Å². The third-order valence-electron chi connectivity index (χ3n) is 0.869. The summed E-state index contributed by atoms with van der Waals surface area (Å²) in [5, 5.41) is 8.36. The molecule has 0 saturated heterocycles. The summed E-state index contributed by atoms with van der Waals surface area (Å²) >= 11 is 4.15. The van der Waals surface area contributed by atoms with Gasteiger partial charge in [0.1, 0.15) is 0 Å². The van der Waals surface area contributed by atoms with E-state index in [1.807, 2.05) is 0 Å². The van der Waals surface area contributed by atoms with E-state index >= 15 is 0 Å². The first kappa shape index (κ1) is 9.99. The van der Waals surface area contributed by atoms with E-state index in [-0.39, 0.29) is 10.5 Å². The standard InChI is InChI=1S/C5H8AsClO3/c1-3(5(9)10)6-4(8)2-7/h3,6H,2H2,1H3,(H,9,10)/t3-/m0/s1. The van der Waals surface area contributed by atoms with Crippen LogP contribution in [0.25, 0.3) is 0 Å². The van der Waals surface area contributed by atoms with Crippen LogP contribution >= 0.6 is 11.6 Å². The Bertz CT molecular complexity index is 148. The van der Waals surface area contributed by atoms with Crippen molar-refractivity contribution < 1.29 is 14.7 Å². The van der Waals surface area contributed by atoms with Crippen molar-refractivity contribution in [2.24, 2.45) is 0 Å². The topological polar surface area (TPSA) is 54.4 Å². The molecule has 1 N–H and O–H groups in total. The second kappa shape index (κ2) is 4.75. The number of alkyl halides is 1. The zero-order valence-electron chi connectivity index (χ0n) is 5.43. The number of aliphatic carboxylic acids is 1. The number of hydrogen-bond donors (Lipinski definition) is 1. The molecule has 0 saturated carbocycles. The molecular formula is C5H8AsClO3. The minimum atomic E-state index is -1.04. The second-order valence-corrected chi connectivity index (χ2v) is 5.62. The van der Waals surface area contributed by atoms with Gasteiger partial charge in [-0.25, -0.2) is 0 Å². The van der Waals surface area contributed by atoms with E-state index in [0.717, 1.165) is 0 Å². The van der Waals surface area contributed by atoms with E-state index in [4.69, 9.17) is 16.7 Å². The minimum absolute atomic E-state index is 0.0440. The molecule has 0 aliphatic rings. The van der Waals surface area contributed by atoms with Gasteiger partial charge in [0.05, 0.1) is 0 Å². The van der Waals surface area contributed by atoms with Gasteiger partial charge in [0.25, 0.3) is 0 Å². The molecule has 0 bridgehead atoms. The summed E-state index contributed by atoms with van der Waals surface area (Å²) in [4.78, 5) is 20.8. The molecule has 0 aliphatic carbocycles. The van der Waals surface area contributed by atoms with Crippen molar-refractivity contribution in [2.45, 2.75) is 11.6 Å². The van der Waals surface area contributed by atoms with Gasteiger partial charge in [0, 0.05) is 0 Å². The van der Waals surface area contributed by atoms with Gasteiger partial charge < -0.3 is 0 Å². The predicted molar refractivity (Wildman–Crippen MR) is 39.9 cm³/mol. The van der Waals surface area contributed by atoms with Crippen molar-refractivity contribution in [3.05, 3.63) is 0 Å². The molecule has 0 aliphatic heterocycles. The molecule has 0 rings (SSSR count). The Hall–Kier alpha value is -0.0116. The van der Waals surface area contributed by atoms with E-state index < -0.39 is 26.4 Å². The van der Waals surface area contributed by atoms with Gasteiger partial charge in [-0.15, -0.1) is 0 Å². The van der Waals surface area contributed by atoms with Gasteiger partial charge in [0.15, 0.2) is 0 Å². The molecule has 0 aromatic heterocycles. The monoisotopic (exact) mass is 226 g/mol. The summed E-state index contributed by atoms with van der Waals surface area (Å²) in [7, 11) is 0. The second-order valence-electron chi connectivity index (χ2n) is 1.76. The van der Waals surface area contributed by atoms with Gasteiger partial charge in [-0.05, 0) is 0 Å². The molecule has 58 valence electrons. The molecular weight excluding hydrogens is 218 g/mol. The van der Waals surface area contributed by atoms with Gasteiger partial charge >= 0.3 is 70.1 Å². The van der Waals surface area contributed by atoms with Crippen LogP contribution < -0.4 is 0 Å². The molecule has 0 spiro atoms. The summed E-state index contributed by atoms with van der Waals surface area (Å²) in [6, 6.07) is 0. The van der Waals surface area contributed by atoms with E-state index in [9.17, 15) is 9.59 Å². The number of hydrogen-bond acceptors (Lipinski definition) is 2. The molecule has 0 amide bonds. The third kappa shape index (κ3) is 3.91. The third-order valence-corrected chi connectivity index (χ3v) is 4.06. The summed E-state index contributed by atoms with van der Waals surface area (Å²) < 4.78 is -0.595. The first-order chi connectivity index (χ1) is 4.57. The van der Waals surface area contributed by atoms with Gasteiger partial charge in [0.2, 0.25) is 0 Å². The van der Waals surface area contributed by atoms with Crippen LogP contribution in [-0.2, 0) is 9.59 Å². The zero-order chi connectivity index (χ0) is 8.15. The molecule has 3 nitrogen and oxygen atoms in total. The maximum absolute atomic E-state index is 10.6. The number of carboxylic acids is 1. The zero-order valence-corrected chi connectivity index (χ0v) is 8.28. The number of halogens is 1.